The number of hydrogen-bond donors (Lipinski definition) is 0. The average Bonchev–Trinajstić information content (AvgIpc) is 3.03. The molecule has 0 aliphatic carbocycles. The maximum atomic E-state index is 4.74. The Labute approximate surface area is 143 Å². The number of aromatic nitrogens is 1. The Morgan fingerprint density at radius 2 is 1.83 bits per heavy atom. The van der Waals surface area contributed by atoms with Crippen molar-refractivity contribution >= 4 is 17.0 Å². The molecule has 0 fully saturated rings. The minimum absolute atomic E-state index is 0.0223. The Morgan fingerprint density at radius 1 is 1.13 bits per heavy atom. The van der Waals surface area contributed by atoms with Crippen LogP contribution in [0.1, 0.15) is 69.3 Å². The second kappa shape index (κ2) is 4.18. The summed E-state index contributed by atoms with van der Waals surface area (Å²) >= 11 is 1.83. The number of nitrogens with zero attached hydrogens (tertiary/aromatic N) is 2. The minimum Gasteiger partial charge on any atom is -0.352 e. The summed E-state index contributed by atoms with van der Waals surface area (Å²) in [4.78, 5) is 8.86. The van der Waals surface area contributed by atoms with Gasteiger partial charge >= 0.3 is 0 Å². The summed E-state index contributed by atoms with van der Waals surface area (Å²) in [6, 6.07) is 7.12. The third-order valence-corrected chi connectivity index (χ3v) is 8.29. The number of thiazole rings is 1. The van der Waals surface area contributed by atoms with E-state index in [0.29, 0.717) is 6.04 Å². The standard InChI is InChI=1S/C20H26N2S/c1-12-9-8-10-14-16(12)22-13(2)15-17(23-11-21-15)20(22,7)19(5,6)18(14,3)4/h8-11,13H,1-7H3/t13-,20?/m0/s1. The number of para-hydroxylation sites is 1. The lowest BCUT2D eigenvalue weighted by atomic mass is 9.52. The van der Waals surface area contributed by atoms with Crippen LogP contribution in [0.5, 0.6) is 0 Å². The van der Waals surface area contributed by atoms with Gasteiger partial charge in [-0.25, -0.2) is 4.98 Å². The first-order valence-electron chi connectivity index (χ1n) is 8.49. The lowest BCUT2D eigenvalue weighted by Crippen LogP contribution is -2.61. The van der Waals surface area contributed by atoms with Gasteiger partial charge in [-0.2, -0.15) is 0 Å². The molecule has 0 spiro atoms. The Bertz CT molecular complexity index is 802. The van der Waals surface area contributed by atoms with Crippen LogP contribution >= 0.6 is 11.3 Å². The summed E-state index contributed by atoms with van der Waals surface area (Å²) in [6.07, 6.45) is 0. The second-order valence-electron chi connectivity index (χ2n) is 8.41. The highest BCUT2D eigenvalue weighted by atomic mass is 32.1. The van der Waals surface area contributed by atoms with Gasteiger partial charge in [0.15, 0.2) is 0 Å². The minimum atomic E-state index is -0.0223. The Hall–Kier alpha value is -1.35. The molecule has 1 aromatic heterocycles. The van der Waals surface area contributed by atoms with Crippen LogP contribution in [-0.4, -0.2) is 4.98 Å². The molecular formula is C20H26N2S. The Morgan fingerprint density at radius 3 is 2.52 bits per heavy atom. The Balaban J connectivity index is 2.15. The van der Waals surface area contributed by atoms with Gasteiger partial charge in [0.2, 0.25) is 0 Å². The van der Waals surface area contributed by atoms with E-state index >= 15 is 0 Å². The SMILES string of the molecule is Cc1cccc2c1N1[C@@H](C)c3ncsc3C1(C)C(C)(C)C2(C)C. The number of hydrogen-bond acceptors (Lipinski definition) is 3. The Kier molecular flexibility index (Phi) is 2.76. The van der Waals surface area contributed by atoms with Gasteiger partial charge in [0, 0.05) is 11.1 Å². The highest BCUT2D eigenvalue weighted by molar-refractivity contribution is 7.10. The molecule has 2 aromatic rings. The first-order valence-corrected chi connectivity index (χ1v) is 9.37. The summed E-state index contributed by atoms with van der Waals surface area (Å²) in [5.41, 5.74) is 7.74. The van der Waals surface area contributed by atoms with Crippen LogP contribution in [0.25, 0.3) is 0 Å². The highest BCUT2D eigenvalue weighted by Crippen LogP contribution is 2.67. The molecule has 0 N–H and O–H groups in total. The molecule has 0 saturated carbocycles. The fourth-order valence-electron chi connectivity index (χ4n) is 4.97. The van der Waals surface area contributed by atoms with Crippen LogP contribution in [0.4, 0.5) is 5.69 Å². The van der Waals surface area contributed by atoms with Gasteiger partial charge in [0.05, 0.1) is 27.7 Å². The molecule has 3 heteroatoms. The zero-order valence-corrected chi connectivity index (χ0v) is 16.0. The molecule has 0 amide bonds. The lowest BCUT2D eigenvalue weighted by Gasteiger charge is -2.62. The summed E-state index contributed by atoms with van der Waals surface area (Å²) in [6.45, 7) is 16.7. The van der Waals surface area contributed by atoms with Crippen molar-refractivity contribution < 1.29 is 0 Å². The maximum absolute atomic E-state index is 4.74. The molecule has 2 nitrogen and oxygen atoms in total. The molecule has 23 heavy (non-hydrogen) atoms. The third kappa shape index (κ3) is 1.44. The van der Waals surface area contributed by atoms with Crippen molar-refractivity contribution in [2.24, 2.45) is 5.41 Å². The zero-order chi connectivity index (χ0) is 16.8. The molecule has 2 aliphatic rings. The normalized spacial score (nSPS) is 29.9. The molecule has 0 radical (unpaired) electrons. The summed E-state index contributed by atoms with van der Waals surface area (Å²) < 4.78 is 0. The monoisotopic (exact) mass is 326 g/mol. The van der Waals surface area contributed by atoms with Crippen LogP contribution in [0.3, 0.4) is 0 Å². The van der Waals surface area contributed by atoms with Crippen molar-refractivity contribution in [3.8, 4) is 0 Å². The zero-order valence-electron chi connectivity index (χ0n) is 15.2. The fourth-order valence-corrected chi connectivity index (χ4v) is 6.16. The summed E-state index contributed by atoms with van der Waals surface area (Å²) in [5, 5.41) is 0. The molecule has 122 valence electrons. The number of anilines is 1. The van der Waals surface area contributed by atoms with E-state index in [1.807, 2.05) is 16.8 Å². The second-order valence-corrected chi connectivity index (χ2v) is 9.26. The predicted molar refractivity (Wildman–Crippen MR) is 98.3 cm³/mol. The van der Waals surface area contributed by atoms with Gasteiger partial charge in [0.1, 0.15) is 0 Å². The van der Waals surface area contributed by atoms with Crippen molar-refractivity contribution in [2.45, 2.75) is 65.5 Å². The van der Waals surface area contributed by atoms with E-state index in [1.165, 1.54) is 27.4 Å². The van der Waals surface area contributed by atoms with Crippen molar-refractivity contribution in [3.05, 3.63) is 45.4 Å². The highest BCUT2D eigenvalue weighted by Gasteiger charge is 2.64. The summed E-state index contributed by atoms with van der Waals surface area (Å²) in [7, 11) is 0. The van der Waals surface area contributed by atoms with Gasteiger partial charge < -0.3 is 4.90 Å². The van der Waals surface area contributed by atoms with Crippen molar-refractivity contribution in [1.29, 1.82) is 0 Å². The number of fused-ring (bicyclic) bond motifs is 5. The van der Waals surface area contributed by atoms with Crippen LogP contribution in [0.15, 0.2) is 23.7 Å². The van der Waals surface area contributed by atoms with Crippen molar-refractivity contribution in [3.63, 3.8) is 0 Å². The quantitative estimate of drug-likeness (QED) is 0.629. The predicted octanol–water partition coefficient (Wildman–Crippen LogP) is 5.57. The molecule has 3 heterocycles. The van der Waals surface area contributed by atoms with Crippen LogP contribution < -0.4 is 4.90 Å². The number of benzene rings is 1. The van der Waals surface area contributed by atoms with Gasteiger partial charge in [-0.3, -0.25) is 0 Å². The number of aryl methyl sites for hydroxylation is 1. The van der Waals surface area contributed by atoms with Crippen LogP contribution in [0.2, 0.25) is 0 Å². The smallest absolute Gasteiger partial charge is 0.0803 e. The van der Waals surface area contributed by atoms with Crippen LogP contribution in [-0.2, 0) is 11.0 Å². The average molecular weight is 327 g/mol. The van der Waals surface area contributed by atoms with E-state index in [0.717, 1.165) is 0 Å². The van der Waals surface area contributed by atoms with Crippen LogP contribution in [0, 0.1) is 12.3 Å². The first-order chi connectivity index (χ1) is 10.7. The molecule has 1 unspecified atom stereocenters. The van der Waals surface area contributed by atoms with Gasteiger partial charge in [-0.1, -0.05) is 45.9 Å². The molecule has 1 aromatic carbocycles. The largest absolute Gasteiger partial charge is 0.352 e. The van der Waals surface area contributed by atoms with E-state index < -0.39 is 0 Å². The molecular weight excluding hydrogens is 300 g/mol. The maximum Gasteiger partial charge on any atom is 0.0803 e. The molecule has 2 atom stereocenters. The van der Waals surface area contributed by atoms with Gasteiger partial charge in [0.25, 0.3) is 0 Å². The van der Waals surface area contributed by atoms with E-state index in [2.05, 4.69) is 71.6 Å². The molecule has 4 rings (SSSR count). The third-order valence-electron chi connectivity index (χ3n) is 7.23. The van der Waals surface area contributed by atoms with E-state index in [-0.39, 0.29) is 16.4 Å². The topological polar surface area (TPSA) is 16.1 Å². The van der Waals surface area contributed by atoms with Gasteiger partial charge in [-0.15, -0.1) is 11.3 Å². The van der Waals surface area contributed by atoms with E-state index in [9.17, 15) is 0 Å². The first kappa shape index (κ1) is 15.2. The fraction of sp³-hybridized carbons (Fsp3) is 0.550. The molecule has 0 bridgehead atoms. The van der Waals surface area contributed by atoms with E-state index in [1.54, 1.807) is 0 Å². The lowest BCUT2D eigenvalue weighted by molar-refractivity contribution is 0.0672. The van der Waals surface area contributed by atoms with Crippen molar-refractivity contribution in [1.82, 2.24) is 4.98 Å². The molecule has 0 saturated heterocycles. The number of rotatable bonds is 0. The van der Waals surface area contributed by atoms with E-state index in [4.69, 9.17) is 4.98 Å². The molecule has 2 aliphatic heterocycles. The summed E-state index contributed by atoms with van der Waals surface area (Å²) in [5.74, 6) is 0. The van der Waals surface area contributed by atoms with Gasteiger partial charge in [-0.05, 0) is 37.3 Å². The van der Waals surface area contributed by atoms with Crippen molar-refractivity contribution in [2.75, 3.05) is 4.90 Å².